The number of hydrogen-bond acceptors (Lipinski definition) is 8. The molecule has 1 aliphatic heterocycles. The Kier molecular flexibility index (Phi) is 4.06. The van der Waals surface area contributed by atoms with Crippen molar-refractivity contribution >= 4 is 18.1 Å². The van der Waals surface area contributed by atoms with Gasteiger partial charge >= 0.3 is 0 Å². The number of aromatic nitrogens is 2. The first-order valence-electron chi connectivity index (χ1n) is 7.28. The summed E-state index contributed by atoms with van der Waals surface area (Å²) in [7, 11) is 0. The summed E-state index contributed by atoms with van der Waals surface area (Å²) in [5, 5.41) is 15.2. The molecule has 0 atom stereocenters. The highest BCUT2D eigenvalue weighted by atomic mass is 35.5. The Morgan fingerprint density at radius 3 is 2.46 bits per heavy atom. The van der Waals surface area contributed by atoms with Gasteiger partial charge in [0, 0.05) is 6.07 Å². The Hall–Kier alpha value is -2.39. The highest BCUT2D eigenvalue weighted by Gasteiger charge is 2.39. The zero-order valence-corrected chi connectivity index (χ0v) is 13.4. The quantitative estimate of drug-likeness (QED) is 0.656. The molecule has 2 heterocycles. The van der Waals surface area contributed by atoms with Crippen LogP contribution in [0.3, 0.4) is 0 Å². The van der Waals surface area contributed by atoms with E-state index < -0.39 is 10.5 Å². The van der Waals surface area contributed by atoms with E-state index in [0.29, 0.717) is 30.5 Å². The molecular weight excluding hydrogens is 340 g/mol. The molecule has 9 nitrogen and oxygen atoms in total. The average Bonchev–Trinajstić information content (AvgIpc) is 3.01. The Bertz CT molecular complexity index is 789. The molecule has 2 aromatic rings. The third kappa shape index (κ3) is 2.55. The fourth-order valence-electron chi connectivity index (χ4n) is 2.72. The van der Waals surface area contributed by atoms with Crippen LogP contribution in [0.2, 0.25) is 0 Å². The van der Waals surface area contributed by atoms with Crippen LogP contribution >= 0.6 is 12.4 Å². The maximum Gasteiger partial charge on any atom is 0.286 e. The molecule has 0 spiro atoms. The van der Waals surface area contributed by atoms with Crippen molar-refractivity contribution in [3.63, 3.8) is 0 Å². The van der Waals surface area contributed by atoms with Crippen LogP contribution in [0.5, 0.6) is 11.5 Å². The number of nitro benzene ring substituents is 1. The van der Waals surface area contributed by atoms with E-state index in [2.05, 4.69) is 10.1 Å². The van der Waals surface area contributed by atoms with Gasteiger partial charge in [-0.1, -0.05) is 5.16 Å². The lowest BCUT2D eigenvalue weighted by molar-refractivity contribution is -0.384. The number of halogens is 1. The minimum absolute atomic E-state index is 0. The normalized spacial score (nSPS) is 17.5. The van der Waals surface area contributed by atoms with Crippen LogP contribution in [0, 0.1) is 10.1 Å². The van der Waals surface area contributed by atoms with Crippen LogP contribution in [0.1, 0.15) is 25.1 Å². The second-order valence-electron chi connectivity index (χ2n) is 5.70. The van der Waals surface area contributed by atoms with Crippen LogP contribution in [0.15, 0.2) is 16.7 Å². The van der Waals surface area contributed by atoms with Gasteiger partial charge in [-0.2, -0.15) is 4.98 Å². The number of rotatable bonds is 3. The molecule has 128 valence electrons. The van der Waals surface area contributed by atoms with Crippen molar-refractivity contribution in [1.82, 2.24) is 10.1 Å². The molecule has 0 saturated heterocycles. The zero-order valence-electron chi connectivity index (χ0n) is 12.6. The number of benzene rings is 1. The second-order valence-corrected chi connectivity index (χ2v) is 5.70. The van der Waals surface area contributed by atoms with Crippen LogP contribution in [0.25, 0.3) is 11.5 Å². The first-order valence-corrected chi connectivity index (χ1v) is 7.28. The lowest BCUT2D eigenvalue weighted by Crippen LogP contribution is -2.44. The minimum atomic E-state index is -0.593. The fraction of sp³-hybridized carbons (Fsp3) is 0.429. The molecule has 1 saturated carbocycles. The Morgan fingerprint density at radius 1 is 1.21 bits per heavy atom. The van der Waals surface area contributed by atoms with Crippen molar-refractivity contribution in [2.75, 3.05) is 13.2 Å². The number of nitro groups is 1. The smallest absolute Gasteiger partial charge is 0.286 e. The molecule has 2 N–H and O–H groups in total. The van der Waals surface area contributed by atoms with Gasteiger partial charge in [0.1, 0.15) is 18.8 Å². The molecule has 1 fully saturated rings. The molecule has 0 radical (unpaired) electrons. The molecule has 0 amide bonds. The number of hydrogen-bond donors (Lipinski definition) is 1. The van der Waals surface area contributed by atoms with Gasteiger partial charge in [-0.3, -0.25) is 10.1 Å². The van der Waals surface area contributed by atoms with E-state index in [0.717, 1.165) is 19.3 Å². The minimum Gasteiger partial charge on any atom is -0.486 e. The van der Waals surface area contributed by atoms with E-state index in [9.17, 15) is 10.1 Å². The van der Waals surface area contributed by atoms with Crippen molar-refractivity contribution in [2.24, 2.45) is 5.73 Å². The monoisotopic (exact) mass is 354 g/mol. The summed E-state index contributed by atoms with van der Waals surface area (Å²) in [5.41, 5.74) is 5.59. The van der Waals surface area contributed by atoms with E-state index in [1.165, 1.54) is 12.1 Å². The lowest BCUT2D eigenvalue weighted by atomic mass is 9.77. The van der Waals surface area contributed by atoms with E-state index in [4.69, 9.17) is 19.7 Å². The van der Waals surface area contributed by atoms with Gasteiger partial charge in [-0.15, -0.1) is 12.4 Å². The Morgan fingerprint density at radius 2 is 1.88 bits per heavy atom. The summed E-state index contributed by atoms with van der Waals surface area (Å²) < 4.78 is 16.1. The van der Waals surface area contributed by atoms with Crippen LogP contribution in [0.4, 0.5) is 5.69 Å². The molecule has 10 heteroatoms. The first kappa shape index (κ1) is 16.5. The maximum absolute atomic E-state index is 11.3. The number of nitrogens with zero attached hydrogens (tertiary/aromatic N) is 3. The van der Waals surface area contributed by atoms with Gasteiger partial charge in [0.05, 0.1) is 16.5 Å². The van der Waals surface area contributed by atoms with E-state index in [1.807, 2.05) is 0 Å². The summed E-state index contributed by atoms with van der Waals surface area (Å²) in [6.07, 6.45) is 2.55. The summed E-state index contributed by atoms with van der Waals surface area (Å²) in [6.45, 7) is 0.731. The van der Waals surface area contributed by atoms with Crippen molar-refractivity contribution in [3.8, 4) is 23.0 Å². The molecule has 1 aliphatic carbocycles. The molecule has 0 unspecified atom stereocenters. The van der Waals surface area contributed by atoms with Crippen LogP contribution in [-0.2, 0) is 5.54 Å². The molecule has 4 rings (SSSR count). The predicted molar refractivity (Wildman–Crippen MR) is 84.3 cm³/mol. The summed E-state index contributed by atoms with van der Waals surface area (Å²) in [4.78, 5) is 15.1. The van der Waals surface area contributed by atoms with Crippen LogP contribution < -0.4 is 15.2 Å². The van der Waals surface area contributed by atoms with Gasteiger partial charge in [-0.05, 0) is 19.3 Å². The fourth-order valence-corrected chi connectivity index (χ4v) is 2.72. The molecular formula is C14H15ClN4O5. The predicted octanol–water partition coefficient (Wildman–Crippen LogP) is 2.18. The molecule has 1 aromatic carbocycles. The highest BCUT2D eigenvalue weighted by Crippen LogP contribution is 2.42. The van der Waals surface area contributed by atoms with Gasteiger partial charge in [0.25, 0.3) is 11.6 Å². The standard InChI is InChI=1S/C14H14N4O5.ClH/c15-14(2-1-3-14)13-16-12(23-17-13)8-6-10-11(22-5-4-21-10)7-9(8)18(19)20;/h6-7H,1-5,15H2;1H. The average molecular weight is 355 g/mol. The largest absolute Gasteiger partial charge is 0.486 e. The topological polar surface area (TPSA) is 127 Å². The highest BCUT2D eigenvalue weighted by molar-refractivity contribution is 5.85. The van der Waals surface area contributed by atoms with E-state index in [-0.39, 0.29) is 29.5 Å². The van der Waals surface area contributed by atoms with Gasteiger partial charge in [-0.25, -0.2) is 0 Å². The van der Waals surface area contributed by atoms with Gasteiger partial charge in [0.15, 0.2) is 17.3 Å². The summed E-state index contributed by atoms with van der Waals surface area (Å²) in [6, 6.07) is 2.81. The first-order chi connectivity index (χ1) is 11.1. The molecule has 2 aliphatic rings. The van der Waals surface area contributed by atoms with Gasteiger partial charge < -0.3 is 19.7 Å². The third-order valence-corrected chi connectivity index (χ3v) is 4.20. The van der Waals surface area contributed by atoms with Crippen molar-refractivity contribution in [3.05, 3.63) is 28.1 Å². The number of ether oxygens (including phenoxy) is 2. The molecule has 24 heavy (non-hydrogen) atoms. The van der Waals surface area contributed by atoms with E-state index >= 15 is 0 Å². The van der Waals surface area contributed by atoms with Crippen molar-refractivity contribution in [2.45, 2.75) is 24.8 Å². The summed E-state index contributed by atoms with van der Waals surface area (Å²) in [5.74, 6) is 1.19. The second kappa shape index (κ2) is 5.91. The summed E-state index contributed by atoms with van der Waals surface area (Å²) >= 11 is 0. The zero-order chi connectivity index (χ0) is 16.0. The Balaban J connectivity index is 0.00000169. The van der Waals surface area contributed by atoms with Gasteiger partial charge in [0.2, 0.25) is 0 Å². The number of fused-ring (bicyclic) bond motifs is 1. The molecule has 0 bridgehead atoms. The Labute approximate surface area is 142 Å². The SMILES string of the molecule is Cl.NC1(c2noc(-c3cc4c(cc3[N+](=O)[O-])OCCO4)n2)CCC1. The van der Waals surface area contributed by atoms with E-state index in [1.54, 1.807) is 0 Å². The molecule has 1 aromatic heterocycles. The maximum atomic E-state index is 11.3. The lowest BCUT2D eigenvalue weighted by Gasteiger charge is -2.34. The van der Waals surface area contributed by atoms with Crippen molar-refractivity contribution < 1.29 is 18.9 Å². The van der Waals surface area contributed by atoms with Crippen molar-refractivity contribution in [1.29, 1.82) is 0 Å². The third-order valence-electron chi connectivity index (χ3n) is 4.20. The number of nitrogens with two attached hydrogens (primary N) is 1. The van der Waals surface area contributed by atoms with Crippen LogP contribution in [-0.4, -0.2) is 28.3 Å².